The summed E-state index contributed by atoms with van der Waals surface area (Å²) in [7, 11) is 1.39. The molecule has 3 rings (SSSR count). The average molecular weight is 407 g/mol. The van der Waals surface area contributed by atoms with Crippen molar-refractivity contribution in [3.8, 4) is 5.75 Å². The van der Waals surface area contributed by atoms with Crippen LogP contribution in [0.25, 0.3) is 0 Å². The summed E-state index contributed by atoms with van der Waals surface area (Å²) in [6.07, 6.45) is -4.93. The molecule has 2 N–H and O–H groups in total. The van der Waals surface area contributed by atoms with Crippen molar-refractivity contribution in [1.29, 1.82) is 0 Å². The van der Waals surface area contributed by atoms with Gasteiger partial charge in [0.1, 0.15) is 11.8 Å². The van der Waals surface area contributed by atoms with Gasteiger partial charge in [0, 0.05) is 0 Å². The Morgan fingerprint density at radius 2 is 1.86 bits per heavy atom. The van der Waals surface area contributed by atoms with Crippen molar-refractivity contribution in [2.75, 3.05) is 12.0 Å². The van der Waals surface area contributed by atoms with Gasteiger partial charge < -0.3 is 4.74 Å². The van der Waals surface area contributed by atoms with E-state index in [-0.39, 0.29) is 17.7 Å². The van der Waals surface area contributed by atoms with E-state index in [0.29, 0.717) is 10.6 Å². The first-order valence-electron chi connectivity index (χ1n) is 8.45. The Morgan fingerprint density at radius 1 is 1.14 bits per heavy atom. The van der Waals surface area contributed by atoms with Gasteiger partial charge in [-0.15, -0.1) is 0 Å². The number of benzene rings is 2. The van der Waals surface area contributed by atoms with Crippen LogP contribution in [0.5, 0.6) is 5.75 Å². The number of carbonyl (C=O) groups excluding carboxylic acids is 3. The van der Waals surface area contributed by atoms with Crippen molar-refractivity contribution in [2.24, 2.45) is 0 Å². The third-order valence-corrected chi connectivity index (χ3v) is 4.29. The minimum atomic E-state index is -4.61. The number of halogens is 3. The number of amides is 3. The molecule has 1 aliphatic rings. The van der Waals surface area contributed by atoms with E-state index in [4.69, 9.17) is 4.74 Å². The molecule has 152 valence electrons. The molecular formula is C19H16F3N3O4. The summed E-state index contributed by atoms with van der Waals surface area (Å²) < 4.78 is 43.8. The number of anilines is 1. The third kappa shape index (κ3) is 4.21. The lowest BCUT2D eigenvalue weighted by Crippen LogP contribution is -2.48. The Balaban J connectivity index is 1.72. The molecule has 1 aliphatic heterocycles. The maximum Gasteiger partial charge on any atom is 0.416 e. The number of para-hydroxylation sites is 1. The lowest BCUT2D eigenvalue weighted by atomic mass is 10.2. The van der Waals surface area contributed by atoms with Crippen LogP contribution in [0.15, 0.2) is 48.5 Å². The molecule has 7 nitrogen and oxygen atoms in total. The number of carbonyl (C=O) groups is 3. The van der Waals surface area contributed by atoms with Gasteiger partial charge in [-0.05, 0) is 30.3 Å². The first-order valence-corrected chi connectivity index (χ1v) is 8.45. The molecule has 29 heavy (non-hydrogen) atoms. The topological polar surface area (TPSA) is 87.7 Å². The zero-order valence-electron chi connectivity index (χ0n) is 15.1. The van der Waals surface area contributed by atoms with Gasteiger partial charge >= 0.3 is 6.18 Å². The molecule has 1 atom stereocenters. The maximum atomic E-state index is 12.9. The van der Waals surface area contributed by atoms with Crippen molar-refractivity contribution in [1.82, 2.24) is 10.9 Å². The Labute approximate surface area is 163 Å². The molecule has 0 saturated carbocycles. The summed E-state index contributed by atoms with van der Waals surface area (Å²) in [6.45, 7) is 0. The van der Waals surface area contributed by atoms with Crippen molar-refractivity contribution in [3.63, 3.8) is 0 Å². The zero-order chi connectivity index (χ0) is 21.2. The second-order valence-electron chi connectivity index (χ2n) is 6.17. The summed E-state index contributed by atoms with van der Waals surface area (Å²) in [6, 6.07) is 9.19. The molecule has 0 bridgehead atoms. The standard InChI is InChI=1S/C19H16F3N3O4/c1-29-15-8-3-2-7-13(15)17(27)24-23-14-10-16(26)25(18(14)28)12-6-4-5-11(9-12)19(20,21)22/h2-9,14,23H,10H2,1H3,(H,24,27)/t14-/m1/s1. The van der Waals surface area contributed by atoms with Crippen LogP contribution in [0.4, 0.5) is 18.9 Å². The van der Waals surface area contributed by atoms with Gasteiger partial charge in [0.25, 0.3) is 11.8 Å². The van der Waals surface area contributed by atoms with E-state index >= 15 is 0 Å². The van der Waals surface area contributed by atoms with Crippen LogP contribution in [-0.4, -0.2) is 30.9 Å². The normalized spacial score (nSPS) is 16.8. The number of hydrazine groups is 1. The number of nitrogens with one attached hydrogen (secondary N) is 2. The number of imide groups is 1. The van der Waals surface area contributed by atoms with Crippen LogP contribution in [-0.2, 0) is 15.8 Å². The molecule has 1 saturated heterocycles. The van der Waals surface area contributed by atoms with Gasteiger partial charge in [0.15, 0.2) is 0 Å². The minimum Gasteiger partial charge on any atom is -0.496 e. The minimum absolute atomic E-state index is 0.185. The van der Waals surface area contributed by atoms with E-state index in [2.05, 4.69) is 10.9 Å². The van der Waals surface area contributed by atoms with Crippen LogP contribution in [0.1, 0.15) is 22.3 Å². The van der Waals surface area contributed by atoms with Crippen molar-refractivity contribution in [2.45, 2.75) is 18.6 Å². The van der Waals surface area contributed by atoms with Crippen LogP contribution < -0.4 is 20.5 Å². The van der Waals surface area contributed by atoms with E-state index in [1.165, 1.54) is 19.2 Å². The van der Waals surface area contributed by atoms with E-state index in [0.717, 1.165) is 18.2 Å². The number of nitrogens with zero attached hydrogens (tertiary/aromatic N) is 1. The number of methoxy groups -OCH3 is 1. The molecule has 1 fully saturated rings. The Bertz CT molecular complexity index is 962. The molecule has 1 heterocycles. The number of alkyl halides is 3. The fourth-order valence-corrected chi connectivity index (χ4v) is 2.89. The highest BCUT2D eigenvalue weighted by atomic mass is 19.4. The van der Waals surface area contributed by atoms with Gasteiger partial charge in [-0.25, -0.2) is 10.3 Å². The SMILES string of the molecule is COc1ccccc1C(=O)NN[C@@H]1CC(=O)N(c2cccc(C(F)(F)F)c2)C1=O. The van der Waals surface area contributed by atoms with Crippen molar-refractivity contribution < 1.29 is 32.3 Å². The van der Waals surface area contributed by atoms with Crippen molar-refractivity contribution in [3.05, 3.63) is 59.7 Å². The average Bonchev–Trinajstić information content (AvgIpc) is 2.98. The first kappa shape index (κ1) is 20.3. The van der Waals surface area contributed by atoms with Crippen LogP contribution in [0.2, 0.25) is 0 Å². The van der Waals surface area contributed by atoms with Gasteiger partial charge in [-0.3, -0.25) is 19.8 Å². The highest BCUT2D eigenvalue weighted by Crippen LogP contribution is 2.33. The van der Waals surface area contributed by atoms with Crippen LogP contribution in [0, 0.1) is 0 Å². The highest BCUT2D eigenvalue weighted by molar-refractivity contribution is 6.22. The summed E-state index contributed by atoms with van der Waals surface area (Å²) >= 11 is 0. The smallest absolute Gasteiger partial charge is 0.416 e. The Morgan fingerprint density at radius 3 is 2.55 bits per heavy atom. The second-order valence-corrected chi connectivity index (χ2v) is 6.17. The van der Waals surface area contributed by atoms with E-state index in [1.54, 1.807) is 18.2 Å². The van der Waals surface area contributed by atoms with E-state index in [1.807, 2.05) is 0 Å². The summed E-state index contributed by atoms with van der Waals surface area (Å²) in [5, 5.41) is 0. The van der Waals surface area contributed by atoms with Gasteiger partial charge in [0.2, 0.25) is 5.91 Å². The molecule has 3 amide bonds. The Kier molecular flexibility index (Phi) is 5.55. The Hall–Kier alpha value is -3.40. The lowest BCUT2D eigenvalue weighted by molar-refractivity contribution is -0.137. The van der Waals surface area contributed by atoms with Gasteiger partial charge in [0.05, 0.1) is 30.3 Å². The molecule has 2 aromatic carbocycles. The molecule has 0 aromatic heterocycles. The van der Waals surface area contributed by atoms with Gasteiger partial charge in [-0.2, -0.15) is 13.2 Å². The number of rotatable bonds is 5. The summed E-state index contributed by atoms with van der Waals surface area (Å²) in [4.78, 5) is 37.7. The lowest BCUT2D eigenvalue weighted by Gasteiger charge is -2.17. The largest absolute Gasteiger partial charge is 0.496 e. The number of hydrogen-bond donors (Lipinski definition) is 2. The molecule has 10 heteroatoms. The zero-order valence-corrected chi connectivity index (χ0v) is 15.1. The predicted molar refractivity (Wildman–Crippen MR) is 95.9 cm³/mol. The second kappa shape index (κ2) is 7.92. The number of ether oxygens (including phenoxy) is 1. The highest BCUT2D eigenvalue weighted by Gasteiger charge is 2.41. The van der Waals surface area contributed by atoms with Crippen molar-refractivity contribution >= 4 is 23.4 Å². The molecular weight excluding hydrogens is 391 g/mol. The molecule has 0 unspecified atom stereocenters. The van der Waals surface area contributed by atoms with E-state index in [9.17, 15) is 27.6 Å². The monoisotopic (exact) mass is 407 g/mol. The fourth-order valence-electron chi connectivity index (χ4n) is 2.89. The van der Waals surface area contributed by atoms with Crippen LogP contribution >= 0.6 is 0 Å². The molecule has 2 aromatic rings. The summed E-state index contributed by atoms with van der Waals surface area (Å²) in [5.41, 5.74) is 3.83. The predicted octanol–water partition coefficient (Wildman–Crippen LogP) is 2.28. The van der Waals surface area contributed by atoms with E-state index < -0.39 is 35.5 Å². The van der Waals surface area contributed by atoms with Crippen LogP contribution in [0.3, 0.4) is 0 Å². The summed E-state index contributed by atoms with van der Waals surface area (Å²) in [5.74, 6) is -1.74. The first-order chi connectivity index (χ1) is 13.7. The van der Waals surface area contributed by atoms with Gasteiger partial charge in [-0.1, -0.05) is 18.2 Å². The molecule has 0 radical (unpaired) electrons. The quantitative estimate of drug-likeness (QED) is 0.587. The number of hydrogen-bond acceptors (Lipinski definition) is 5. The molecule has 0 aliphatic carbocycles. The fraction of sp³-hybridized carbons (Fsp3) is 0.211. The molecule has 0 spiro atoms. The maximum absolute atomic E-state index is 12.9. The third-order valence-electron chi connectivity index (χ3n) is 4.29.